The van der Waals surface area contributed by atoms with Crippen LogP contribution in [0.5, 0.6) is 5.75 Å². The lowest BCUT2D eigenvalue weighted by atomic mass is 9.90. The third-order valence-corrected chi connectivity index (χ3v) is 5.50. The second kappa shape index (κ2) is 9.56. The molecule has 0 aliphatic heterocycles. The summed E-state index contributed by atoms with van der Waals surface area (Å²) in [5.74, 6) is -0.154. The summed E-state index contributed by atoms with van der Waals surface area (Å²) in [5, 5.41) is 4.12. The number of H-pyrrole nitrogens is 1. The van der Waals surface area contributed by atoms with Crippen molar-refractivity contribution in [3.05, 3.63) is 95.9 Å². The molecule has 0 saturated carbocycles. The zero-order valence-corrected chi connectivity index (χ0v) is 18.1. The molecule has 3 aromatic carbocycles. The largest absolute Gasteiger partial charge is 0.484 e. The summed E-state index contributed by atoms with van der Waals surface area (Å²) in [6, 6.07) is 22.1. The first-order chi connectivity index (χ1) is 15.5. The highest BCUT2D eigenvalue weighted by molar-refractivity contribution is 5.84. The Morgan fingerprint density at radius 2 is 1.75 bits per heavy atom. The number of aromatic nitrogens is 1. The molecule has 0 radical (unpaired) electrons. The molecule has 164 valence electrons. The number of carbonyl (C=O) groups is 1. The maximum atomic E-state index is 13.0. The minimum Gasteiger partial charge on any atom is -0.484 e. The lowest BCUT2D eigenvalue weighted by Gasteiger charge is -2.20. The van der Waals surface area contributed by atoms with Crippen molar-refractivity contribution in [1.82, 2.24) is 10.3 Å². The summed E-state index contributed by atoms with van der Waals surface area (Å²) in [7, 11) is 4.01. The van der Waals surface area contributed by atoms with Gasteiger partial charge in [-0.05, 0) is 53.6 Å². The van der Waals surface area contributed by atoms with Gasteiger partial charge in [0.1, 0.15) is 11.6 Å². The van der Waals surface area contributed by atoms with Gasteiger partial charge in [0, 0.05) is 49.3 Å². The van der Waals surface area contributed by atoms with E-state index in [9.17, 15) is 9.18 Å². The Kier molecular flexibility index (Phi) is 6.40. The van der Waals surface area contributed by atoms with Gasteiger partial charge in [-0.25, -0.2) is 4.39 Å². The van der Waals surface area contributed by atoms with Crippen molar-refractivity contribution >= 4 is 22.5 Å². The number of anilines is 1. The molecule has 0 aliphatic carbocycles. The molecule has 5 nitrogen and oxygen atoms in total. The predicted molar refractivity (Wildman–Crippen MR) is 126 cm³/mol. The number of fused-ring (bicyclic) bond motifs is 1. The third kappa shape index (κ3) is 4.91. The number of aromatic amines is 1. The van der Waals surface area contributed by atoms with Gasteiger partial charge < -0.3 is 19.9 Å². The van der Waals surface area contributed by atoms with Crippen molar-refractivity contribution in [3.8, 4) is 5.75 Å². The SMILES string of the molecule is CN(C)c1ccc(C(CNC(=O)COc2ccc(F)cc2)c2c[nH]c3ccccc23)cc1. The maximum Gasteiger partial charge on any atom is 0.257 e. The lowest BCUT2D eigenvalue weighted by Crippen LogP contribution is -2.32. The maximum absolute atomic E-state index is 13.0. The predicted octanol–water partition coefficient (Wildman–Crippen LogP) is 4.70. The van der Waals surface area contributed by atoms with Gasteiger partial charge in [-0.2, -0.15) is 0 Å². The van der Waals surface area contributed by atoms with E-state index in [0.717, 1.165) is 27.7 Å². The van der Waals surface area contributed by atoms with Crippen LogP contribution < -0.4 is 15.0 Å². The van der Waals surface area contributed by atoms with Gasteiger partial charge >= 0.3 is 0 Å². The molecule has 1 unspecified atom stereocenters. The molecule has 1 heterocycles. The second-order valence-corrected chi connectivity index (χ2v) is 7.87. The van der Waals surface area contributed by atoms with E-state index >= 15 is 0 Å². The van der Waals surface area contributed by atoms with Gasteiger partial charge in [0.15, 0.2) is 6.61 Å². The second-order valence-electron chi connectivity index (χ2n) is 7.87. The number of ether oxygens (including phenoxy) is 1. The van der Waals surface area contributed by atoms with Crippen molar-refractivity contribution in [2.45, 2.75) is 5.92 Å². The highest BCUT2D eigenvalue weighted by Gasteiger charge is 2.19. The smallest absolute Gasteiger partial charge is 0.257 e. The van der Waals surface area contributed by atoms with Crippen LogP contribution in [0.1, 0.15) is 17.0 Å². The van der Waals surface area contributed by atoms with Crippen LogP contribution in [0.15, 0.2) is 79.0 Å². The average Bonchev–Trinajstić information content (AvgIpc) is 3.23. The first-order valence-corrected chi connectivity index (χ1v) is 10.5. The number of amides is 1. The van der Waals surface area contributed by atoms with E-state index in [1.165, 1.54) is 24.3 Å². The monoisotopic (exact) mass is 431 g/mol. The molecule has 0 bridgehead atoms. The summed E-state index contributed by atoms with van der Waals surface area (Å²) >= 11 is 0. The Bertz CT molecular complexity index is 1180. The molecule has 0 fully saturated rings. The molecule has 0 saturated heterocycles. The van der Waals surface area contributed by atoms with Crippen LogP contribution in [-0.2, 0) is 4.79 Å². The van der Waals surface area contributed by atoms with Gasteiger partial charge in [0.05, 0.1) is 0 Å². The molecular formula is C26H26FN3O2. The highest BCUT2D eigenvalue weighted by Crippen LogP contribution is 2.31. The summed E-state index contributed by atoms with van der Waals surface area (Å²) in [6.07, 6.45) is 2.01. The van der Waals surface area contributed by atoms with Gasteiger partial charge in [-0.1, -0.05) is 30.3 Å². The van der Waals surface area contributed by atoms with Crippen molar-refractivity contribution in [3.63, 3.8) is 0 Å². The van der Waals surface area contributed by atoms with E-state index in [1.54, 1.807) is 0 Å². The fraction of sp³-hybridized carbons (Fsp3) is 0.192. The number of rotatable bonds is 8. The van der Waals surface area contributed by atoms with Crippen molar-refractivity contribution < 1.29 is 13.9 Å². The number of nitrogens with one attached hydrogen (secondary N) is 2. The van der Waals surface area contributed by atoms with Gasteiger partial charge in [0.25, 0.3) is 5.91 Å². The normalized spacial score (nSPS) is 11.8. The lowest BCUT2D eigenvalue weighted by molar-refractivity contribution is -0.123. The Hall–Kier alpha value is -3.80. The number of halogens is 1. The van der Waals surface area contributed by atoms with E-state index in [1.807, 2.05) is 38.5 Å². The van der Waals surface area contributed by atoms with Crippen LogP contribution >= 0.6 is 0 Å². The van der Waals surface area contributed by atoms with E-state index in [2.05, 4.69) is 45.5 Å². The van der Waals surface area contributed by atoms with Gasteiger partial charge in [0.2, 0.25) is 0 Å². The van der Waals surface area contributed by atoms with E-state index in [-0.39, 0.29) is 24.2 Å². The van der Waals surface area contributed by atoms with Crippen LogP contribution in [0.4, 0.5) is 10.1 Å². The van der Waals surface area contributed by atoms with Crippen molar-refractivity contribution in [1.29, 1.82) is 0 Å². The van der Waals surface area contributed by atoms with Crippen molar-refractivity contribution in [2.24, 2.45) is 0 Å². The zero-order valence-electron chi connectivity index (χ0n) is 18.1. The Morgan fingerprint density at radius 1 is 1.03 bits per heavy atom. The number of carbonyl (C=O) groups excluding carboxylic acids is 1. The molecule has 2 N–H and O–H groups in total. The zero-order chi connectivity index (χ0) is 22.5. The fourth-order valence-corrected chi connectivity index (χ4v) is 3.74. The molecular weight excluding hydrogens is 405 g/mol. The van der Waals surface area contributed by atoms with Crippen molar-refractivity contribution in [2.75, 3.05) is 32.1 Å². The van der Waals surface area contributed by atoms with Crippen LogP contribution in [0.3, 0.4) is 0 Å². The number of hydrogen-bond donors (Lipinski definition) is 2. The number of benzene rings is 3. The summed E-state index contributed by atoms with van der Waals surface area (Å²) in [5.41, 5.74) is 4.41. The number of nitrogens with zero attached hydrogens (tertiary/aromatic N) is 1. The topological polar surface area (TPSA) is 57.4 Å². The van der Waals surface area contributed by atoms with Crippen LogP contribution in [0.25, 0.3) is 10.9 Å². The van der Waals surface area contributed by atoms with E-state index < -0.39 is 0 Å². The van der Waals surface area contributed by atoms with E-state index in [4.69, 9.17) is 4.74 Å². The molecule has 1 amide bonds. The average molecular weight is 432 g/mol. The van der Waals surface area contributed by atoms with Crippen LogP contribution in [0.2, 0.25) is 0 Å². The highest BCUT2D eigenvalue weighted by atomic mass is 19.1. The Balaban J connectivity index is 1.51. The molecule has 1 aromatic heterocycles. The number of para-hydroxylation sites is 1. The quantitative estimate of drug-likeness (QED) is 0.425. The molecule has 4 rings (SSSR count). The summed E-state index contributed by atoms with van der Waals surface area (Å²) in [6.45, 7) is 0.292. The molecule has 32 heavy (non-hydrogen) atoms. The van der Waals surface area contributed by atoms with Gasteiger partial charge in [-0.15, -0.1) is 0 Å². The third-order valence-electron chi connectivity index (χ3n) is 5.50. The first kappa shape index (κ1) is 21.4. The Morgan fingerprint density at radius 3 is 2.47 bits per heavy atom. The van der Waals surface area contributed by atoms with Crippen LogP contribution in [0, 0.1) is 5.82 Å². The Labute approximate surface area is 186 Å². The molecule has 0 aliphatic rings. The van der Waals surface area contributed by atoms with Crippen LogP contribution in [-0.4, -0.2) is 38.1 Å². The first-order valence-electron chi connectivity index (χ1n) is 10.5. The standard InChI is InChI=1S/C26H26FN3O2/c1-30(2)20-11-7-18(8-12-20)23(24-16-28-25-6-4-3-5-22(24)25)15-29-26(31)17-32-21-13-9-19(27)10-14-21/h3-14,16,23,28H,15,17H2,1-2H3,(H,29,31). The molecule has 4 aromatic rings. The molecule has 0 spiro atoms. The van der Waals surface area contributed by atoms with Gasteiger partial charge in [-0.3, -0.25) is 4.79 Å². The molecule has 6 heteroatoms. The van der Waals surface area contributed by atoms with E-state index in [0.29, 0.717) is 12.3 Å². The number of hydrogen-bond acceptors (Lipinski definition) is 3. The minimum atomic E-state index is -0.344. The fourth-order valence-electron chi connectivity index (χ4n) is 3.74. The summed E-state index contributed by atoms with van der Waals surface area (Å²) < 4.78 is 18.5. The molecule has 1 atom stereocenters. The minimum absolute atomic E-state index is 0.0304. The summed E-state index contributed by atoms with van der Waals surface area (Å²) in [4.78, 5) is 17.9.